The van der Waals surface area contributed by atoms with E-state index in [0.717, 1.165) is 35.8 Å². The molecule has 0 spiro atoms. The van der Waals surface area contributed by atoms with E-state index in [1.165, 1.54) is 64.2 Å². The lowest BCUT2D eigenvalue weighted by Crippen LogP contribution is -2.51. The van der Waals surface area contributed by atoms with Gasteiger partial charge >= 0.3 is 0 Å². The van der Waals surface area contributed by atoms with Crippen molar-refractivity contribution in [3.05, 3.63) is 0 Å². The average Bonchev–Trinajstić information content (AvgIpc) is 2.49. The molecule has 0 aromatic rings. The maximum atomic E-state index is 4.19. The van der Waals surface area contributed by atoms with Crippen LogP contribution in [-0.2, 0) is 0 Å². The van der Waals surface area contributed by atoms with Crippen LogP contribution in [0.1, 0.15) is 91.9 Å². The standard InChI is InChI=1S/C20H39N/c1-15(2)19(17-11-7-5-8-12-17)21-20(16(3)4)18-13-9-6-10-14-18/h15-21H,5-14H2,1-4H3. The highest BCUT2D eigenvalue weighted by Gasteiger charge is 2.32. The summed E-state index contributed by atoms with van der Waals surface area (Å²) in [6.07, 6.45) is 14.6. The van der Waals surface area contributed by atoms with Gasteiger partial charge < -0.3 is 5.32 Å². The van der Waals surface area contributed by atoms with Crippen LogP contribution in [0.3, 0.4) is 0 Å². The Balaban J connectivity index is 2.00. The van der Waals surface area contributed by atoms with E-state index in [1.54, 1.807) is 0 Å². The molecule has 0 heterocycles. The van der Waals surface area contributed by atoms with Crippen molar-refractivity contribution in [1.82, 2.24) is 5.32 Å². The maximum Gasteiger partial charge on any atom is 0.0121 e. The maximum absolute atomic E-state index is 4.19. The summed E-state index contributed by atoms with van der Waals surface area (Å²) in [4.78, 5) is 0. The molecule has 1 heteroatoms. The SMILES string of the molecule is CC(C)C(NC(C(C)C)C1CCCCC1)C1CCCCC1. The number of rotatable bonds is 6. The molecule has 1 N–H and O–H groups in total. The Bertz CT molecular complexity index is 244. The zero-order valence-corrected chi connectivity index (χ0v) is 15.0. The predicted octanol–water partition coefficient (Wildman–Crippen LogP) is 5.79. The molecule has 124 valence electrons. The van der Waals surface area contributed by atoms with Crippen LogP contribution in [0.4, 0.5) is 0 Å². The molecule has 2 saturated carbocycles. The van der Waals surface area contributed by atoms with Crippen LogP contribution >= 0.6 is 0 Å². The van der Waals surface area contributed by atoms with Crippen LogP contribution in [0.15, 0.2) is 0 Å². The zero-order valence-electron chi connectivity index (χ0n) is 15.0. The summed E-state index contributed by atoms with van der Waals surface area (Å²) in [6.45, 7) is 9.74. The molecule has 0 aliphatic heterocycles. The molecule has 2 fully saturated rings. The van der Waals surface area contributed by atoms with Gasteiger partial charge in [0.15, 0.2) is 0 Å². The Morgan fingerprint density at radius 1 is 0.571 bits per heavy atom. The monoisotopic (exact) mass is 293 g/mol. The fourth-order valence-corrected chi connectivity index (χ4v) is 4.95. The zero-order chi connectivity index (χ0) is 15.2. The molecule has 1 nitrogen and oxygen atoms in total. The molecule has 0 saturated heterocycles. The van der Waals surface area contributed by atoms with E-state index in [0.29, 0.717) is 0 Å². The van der Waals surface area contributed by atoms with Crippen molar-refractivity contribution in [2.24, 2.45) is 23.7 Å². The van der Waals surface area contributed by atoms with Crippen molar-refractivity contribution in [2.45, 2.75) is 104 Å². The summed E-state index contributed by atoms with van der Waals surface area (Å²) in [5.74, 6) is 3.42. The smallest absolute Gasteiger partial charge is 0.0121 e. The predicted molar refractivity (Wildman–Crippen MR) is 93.5 cm³/mol. The van der Waals surface area contributed by atoms with Gasteiger partial charge in [-0.05, 0) is 49.4 Å². The average molecular weight is 294 g/mol. The first-order valence-electron chi connectivity index (χ1n) is 9.85. The van der Waals surface area contributed by atoms with Gasteiger partial charge in [-0.15, -0.1) is 0 Å². The van der Waals surface area contributed by atoms with Crippen molar-refractivity contribution in [3.8, 4) is 0 Å². The molecule has 0 bridgehead atoms. The molecule has 0 amide bonds. The summed E-state index contributed by atoms with van der Waals surface area (Å²) in [5, 5.41) is 4.19. The third-order valence-corrected chi connectivity index (χ3v) is 6.14. The normalized spacial score (nSPS) is 25.4. The first-order valence-corrected chi connectivity index (χ1v) is 9.85. The van der Waals surface area contributed by atoms with E-state index >= 15 is 0 Å². The minimum Gasteiger partial charge on any atom is -0.310 e. The van der Waals surface area contributed by atoms with Crippen LogP contribution in [0.5, 0.6) is 0 Å². The lowest BCUT2D eigenvalue weighted by molar-refractivity contribution is 0.147. The Morgan fingerprint density at radius 2 is 0.905 bits per heavy atom. The van der Waals surface area contributed by atoms with Crippen LogP contribution in [-0.4, -0.2) is 12.1 Å². The molecule has 2 unspecified atom stereocenters. The van der Waals surface area contributed by atoms with E-state index in [1.807, 2.05) is 0 Å². The van der Waals surface area contributed by atoms with Gasteiger partial charge in [0.05, 0.1) is 0 Å². The first kappa shape index (κ1) is 17.3. The van der Waals surface area contributed by atoms with Gasteiger partial charge in [0.2, 0.25) is 0 Å². The van der Waals surface area contributed by atoms with Crippen LogP contribution < -0.4 is 5.32 Å². The highest BCUT2D eigenvalue weighted by Crippen LogP contribution is 2.34. The minimum absolute atomic E-state index is 0.750. The van der Waals surface area contributed by atoms with Crippen molar-refractivity contribution in [3.63, 3.8) is 0 Å². The summed E-state index contributed by atoms with van der Waals surface area (Å²) in [5.41, 5.74) is 0. The molecule has 2 aliphatic rings. The summed E-state index contributed by atoms with van der Waals surface area (Å²) >= 11 is 0. The van der Waals surface area contributed by atoms with Gasteiger partial charge in [0.1, 0.15) is 0 Å². The first-order chi connectivity index (χ1) is 10.1. The highest BCUT2D eigenvalue weighted by molar-refractivity contribution is 4.89. The third kappa shape index (κ3) is 4.98. The van der Waals surface area contributed by atoms with Gasteiger partial charge in [-0.1, -0.05) is 66.2 Å². The molecule has 2 atom stereocenters. The summed E-state index contributed by atoms with van der Waals surface area (Å²) in [7, 11) is 0. The van der Waals surface area contributed by atoms with Crippen LogP contribution in [0.2, 0.25) is 0 Å². The topological polar surface area (TPSA) is 12.0 Å². The molecule has 2 aliphatic carbocycles. The van der Waals surface area contributed by atoms with E-state index in [9.17, 15) is 0 Å². The number of nitrogens with one attached hydrogen (secondary N) is 1. The van der Waals surface area contributed by atoms with Crippen LogP contribution in [0, 0.1) is 23.7 Å². The van der Waals surface area contributed by atoms with Gasteiger partial charge in [-0.25, -0.2) is 0 Å². The van der Waals surface area contributed by atoms with Crippen molar-refractivity contribution >= 4 is 0 Å². The molecule has 21 heavy (non-hydrogen) atoms. The number of hydrogen-bond donors (Lipinski definition) is 1. The Kier molecular flexibility index (Phi) is 7.05. The lowest BCUT2D eigenvalue weighted by atomic mass is 9.76. The van der Waals surface area contributed by atoms with Gasteiger partial charge in [-0.3, -0.25) is 0 Å². The largest absolute Gasteiger partial charge is 0.310 e. The van der Waals surface area contributed by atoms with E-state index in [4.69, 9.17) is 0 Å². The fourth-order valence-electron chi connectivity index (χ4n) is 4.95. The summed E-state index contributed by atoms with van der Waals surface area (Å²) in [6, 6.07) is 1.50. The molecule has 0 aromatic carbocycles. The summed E-state index contributed by atoms with van der Waals surface area (Å²) < 4.78 is 0. The third-order valence-electron chi connectivity index (χ3n) is 6.14. The van der Waals surface area contributed by atoms with Crippen LogP contribution in [0.25, 0.3) is 0 Å². The Labute approximate surface area is 133 Å². The fraction of sp³-hybridized carbons (Fsp3) is 1.00. The minimum atomic E-state index is 0.750. The van der Waals surface area contributed by atoms with Crippen molar-refractivity contribution in [2.75, 3.05) is 0 Å². The molecular weight excluding hydrogens is 254 g/mol. The van der Waals surface area contributed by atoms with Gasteiger partial charge in [0, 0.05) is 12.1 Å². The quantitative estimate of drug-likeness (QED) is 0.654. The molecular formula is C20H39N. The Morgan fingerprint density at radius 3 is 1.19 bits per heavy atom. The van der Waals surface area contributed by atoms with Crippen molar-refractivity contribution in [1.29, 1.82) is 0 Å². The van der Waals surface area contributed by atoms with E-state index in [2.05, 4.69) is 33.0 Å². The lowest BCUT2D eigenvalue weighted by Gasteiger charge is -2.41. The van der Waals surface area contributed by atoms with Crippen molar-refractivity contribution < 1.29 is 0 Å². The molecule has 0 aromatic heterocycles. The second-order valence-electron chi connectivity index (χ2n) is 8.50. The van der Waals surface area contributed by atoms with E-state index < -0.39 is 0 Å². The molecule has 0 radical (unpaired) electrons. The van der Waals surface area contributed by atoms with Gasteiger partial charge in [0.25, 0.3) is 0 Å². The second-order valence-corrected chi connectivity index (χ2v) is 8.50. The Hall–Kier alpha value is -0.0400. The highest BCUT2D eigenvalue weighted by atomic mass is 15.0. The number of hydrogen-bond acceptors (Lipinski definition) is 1. The molecule has 2 rings (SSSR count). The van der Waals surface area contributed by atoms with Gasteiger partial charge in [-0.2, -0.15) is 0 Å². The van der Waals surface area contributed by atoms with E-state index in [-0.39, 0.29) is 0 Å². The second kappa shape index (κ2) is 8.56.